The highest BCUT2D eigenvalue weighted by Gasteiger charge is 2.47. The molecule has 1 amide bonds. The zero-order valence-corrected chi connectivity index (χ0v) is 8.71. The van der Waals surface area contributed by atoms with Gasteiger partial charge in [-0.1, -0.05) is 6.92 Å². The molecule has 1 unspecified atom stereocenters. The van der Waals surface area contributed by atoms with E-state index in [1.807, 2.05) is 4.90 Å². The molecule has 1 spiro atoms. The summed E-state index contributed by atoms with van der Waals surface area (Å²) in [5.74, 6) is 0. The molecule has 14 heavy (non-hydrogen) atoms. The second-order valence-corrected chi connectivity index (χ2v) is 4.21. The van der Waals surface area contributed by atoms with Crippen LogP contribution in [-0.2, 0) is 4.74 Å². The van der Waals surface area contributed by atoms with E-state index in [-0.39, 0.29) is 11.6 Å². The largest absolute Gasteiger partial charge is 0.447 e. The SMILES string of the molecule is CCCN1C(=O)OCC12CCCNC2. The van der Waals surface area contributed by atoms with Crippen LogP contribution in [0.5, 0.6) is 0 Å². The van der Waals surface area contributed by atoms with E-state index in [9.17, 15) is 4.79 Å². The van der Waals surface area contributed by atoms with Gasteiger partial charge in [-0.3, -0.25) is 4.90 Å². The summed E-state index contributed by atoms with van der Waals surface area (Å²) in [4.78, 5) is 13.4. The van der Waals surface area contributed by atoms with Crippen LogP contribution < -0.4 is 5.32 Å². The van der Waals surface area contributed by atoms with Crippen molar-refractivity contribution in [2.45, 2.75) is 31.7 Å². The van der Waals surface area contributed by atoms with Gasteiger partial charge in [-0.05, 0) is 25.8 Å². The summed E-state index contributed by atoms with van der Waals surface area (Å²) in [6.07, 6.45) is 3.08. The normalized spacial score (nSPS) is 32.4. The highest BCUT2D eigenvalue weighted by atomic mass is 16.6. The first-order valence-electron chi connectivity index (χ1n) is 5.44. The summed E-state index contributed by atoms with van der Waals surface area (Å²) in [7, 11) is 0. The summed E-state index contributed by atoms with van der Waals surface area (Å²) in [6.45, 7) is 5.43. The lowest BCUT2D eigenvalue weighted by molar-refractivity contribution is 0.129. The van der Waals surface area contributed by atoms with Crippen molar-refractivity contribution in [1.82, 2.24) is 10.2 Å². The average molecular weight is 198 g/mol. The number of carbonyl (C=O) groups is 1. The van der Waals surface area contributed by atoms with Gasteiger partial charge in [-0.25, -0.2) is 4.79 Å². The number of rotatable bonds is 2. The second kappa shape index (κ2) is 3.77. The van der Waals surface area contributed by atoms with Crippen molar-refractivity contribution >= 4 is 6.09 Å². The quantitative estimate of drug-likeness (QED) is 0.719. The molecule has 4 heteroatoms. The molecule has 2 saturated heterocycles. The third-order valence-electron chi connectivity index (χ3n) is 3.15. The molecule has 0 aliphatic carbocycles. The van der Waals surface area contributed by atoms with E-state index in [2.05, 4.69) is 12.2 Å². The summed E-state index contributed by atoms with van der Waals surface area (Å²) < 4.78 is 5.16. The Hall–Kier alpha value is -0.770. The predicted molar refractivity (Wildman–Crippen MR) is 53.2 cm³/mol. The van der Waals surface area contributed by atoms with Crippen molar-refractivity contribution < 1.29 is 9.53 Å². The lowest BCUT2D eigenvalue weighted by atomic mass is 9.90. The Morgan fingerprint density at radius 3 is 3.14 bits per heavy atom. The molecule has 1 atom stereocenters. The van der Waals surface area contributed by atoms with Gasteiger partial charge in [-0.15, -0.1) is 0 Å². The van der Waals surface area contributed by atoms with Crippen molar-refractivity contribution in [3.05, 3.63) is 0 Å². The van der Waals surface area contributed by atoms with Crippen LogP contribution in [0.25, 0.3) is 0 Å². The molecule has 0 radical (unpaired) electrons. The van der Waals surface area contributed by atoms with E-state index in [0.717, 1.165) is 38.9 Å². The summed E-state index contributed by atoms with van der Waals surface area (Å²) in [5.41, 5.74) is -0.0364. The molecule has 2 rings (SSSR count). The van der Waals surface area contributed by atoms with Crippen LogP contribution in [0.15, 0.2) is 0 Å². The van der Waals surface area contributed by atoms with Crippen LogP contribution in [0.4, 0.5) is 4.79 Å². The minimum Gasteiger partial charge on any atom is -0.447 e. The molecule has 2 aliphatic rings. The molecule has 1 N–H and O–H groups in total. The fourth-order valence-corrected chi connectivity index (χ4v) is 2.40. The number of nitrogens with one attached hydrogen (secondary N) is 1. The van der Waals surface area contributed by atoms with Gasteiger partial charge in [0.15, 0.2) is 0 Å². The van der Waals surface area contributed by atoms with Gasteiger partial charge in [0, 0.05) is 13.1 Å². The van der Waals surface area contributed by atoms with Crippen molar-refractivity contribution in [3.8, 4) is 0 Å². The minimum absolute atomic E-state index is 0.0364. The Morgan fingerprint density at radius 1 is 1.64 bits per heavy atom. The molecule has 4 nitrogen and oxygen atoms in total. The molecule has 0 saturated carbocycles. The summed E-state index contributed by atoms with van der Waals surface area (Å²) in [5, 5.41) is 3.35. The maximum Gasteiger partial charge on any atom is 0.410 e. The predicted octanol–water partition coefficient (Wildman–Crippen LogP) is 0.971. The Labute approximate surface area is 84.6 Å². The van der Waals surface area contributed by atoms with Crippen molar-refractivity contribution in [2.24, 2.45) is 0 Å². The number of cyclic esters (lactones) is 1. The Bertz CT molecular complexity index is 224. The van der Waals surface area contributed by atoms with E-state index in [4.69, 9.17) is 4.74 Å². The van der Waals surface area contributed by atoms with Crippen molar-refractivity contribution in [1.29, 1.82) is 0 Å². The van der Waals surface area contributed by atoms with E-state index in [0.29, 0.717) is 6.61 Å². The first-order chi connectivity index (χ1) is 6.78. The second-order valence-electron chi connectivity index (χ2n) is 4.21. The number of ether oxygens (including phenoxy) is 1. The number of piperidine rings is 1. The van der Waals surface area contributed by atoms with E-state index >= 15 is 0 Å². The third kappa shape index (κ3) is 1.47. The van der Waals surface area contributed by atoms with Gasteiger partial charge in [0.25, 0.3) is 0 Å². The third-order valence-corrected chi connectivity index (χ3v) is 3.15. The number of hydrogen-bond donors (Lipinski definition) is 1. The lowest BCUT2D eigenvalue weighted by Crippen LogP contribution is -2.56. The van der Waals surface area contributed by atoms with Crippen LogP contribution in [-0.4, -0.2) is 42.8 Å². The molecule has 80 valence electrons. The molecule has 0 aromatic carbocycles. The van der Waals surface area contributed by atoms with Crippen LogP contribution in [0, 0.1) is 0 Å². The van der Waals surface area contributed by atoms with Gasteiger partial charge in [0.2, 0.25) is 0 Å². The van der Waals surface area contributed by atoms with E-state index in [1.54, 1.807) is 0 Å². The Kier molecular flexibility index (Phi) is 2.63. The smallest absolute Gasteiger partial charge is 0.410 e. The maximum atomic E-state index is 11.5. The molecular formula is C10H18N2O2. The Morgan fingerprint density at radius 2 is 2.50 bits per heavy atom. The van der Waals surface area contributed by atoms with Crippen molar-refractivity contribution in [3.63, 3.8) is 0 Å². The zero-order valence-electron chi connectivity index (χ0n) is 8.71. The van der Waals surface area contributed by atoms with Gasteiger partial charge in [-0.2, -0.15) is 0 Å². The van der Waals surface area contributed by atoms with Crippen LogP contribution in [0.2, 0.25) is 0 Å². The molecule has 2 fully saturated rings. The molecule has 0 aromatic heterocycles. The number of nitrogens with zero attached hydrogens (tertiary/aromatic N) is 1. The van der Waals surface area contributed by atoms with Crippen LogP contribution >= 0.6 is 0 Å². The fraction of sp³-hybridized carbons (Fsp3) is 0.900. The van der Waals surface area contributed by atoms with E-state index in [1.165, 1.54) is 0 Å². The molecule has 2 heterocycles. The molecular weight excluding hydrogens is 180 g/mol. The molecule has 0 aromatic rings. The topological polar surface area (TPSA) is 41.6 Å². The number of hydrogen-bond acceptors (Lipinski definition) is 3. The van der Waals surface area contributed by atoms with Crippen LogP contribution in [0.1, 0.15) is 26.2 Å². The summed E-state index contributed by atoms with van der Waals surface area (Å²) in [6, 6.07) is 0. The first-order valence-corrected chi connectivity index (χ1v) is 5.44. The van der Waals surface area contributed by atoms with Gasteiger partial charge in [0.1, 0.15) is 6.61 Å². The standard InChI is InChI=1S/C10H18N2O2/c1-2-6-12-9(13)14-8-10(12)4-3-5-11-7-10/h11H,2-8H2,1H3. The van der Waals surface area contributed by atoms with Crippen molar-refractivity contribution in [2.75, 3.05) is 26.2 Å². The number of carbonyl (C=O) groups excluding carboxylic acids is 1. The summed E-state index contributed by atoms with van der Waals surface area (Å²) >= 11 is 0. The Balaban J connectivity index is 2.11. The average Bonchev–Trinajstić information content (AvgIpc) is 2.49. The van der Waals surface area contributed by atoms with Gasteiger partial charge in [0.05, 0.1) is 5.54 Å². The van der Waals surface area contributed by atoms with Gasteiger partial charge >= 0.3 is 6.09 Å². The molecule has 2 aliphatic heterocycles. The van der Waals surface area contributed by atoms with E-state index < -0.39 is 0 Å². The first kappa shape index (κ1) is 9.77. The zero-order chi connectivity index (χ0) is 10.0. The number of amides is 1. The molecule has 0 bridgehead atoms. The highest BCUT2D eigenvalue weighted by molar-refractivity contribution is 5.71. The van der Waals surface area contributed by atoms with Crippen LogP contribution in [0.3, 0.4) is 0 Å². The minimum atomic E-state index is -0.129. The monoisotopic (exact) mass is 198 g/mol. The lowest BCUT2D eigenvalue weighted by Gasteiger charge is -2.38. The van der Waals surface area contributed by atoms with Gasteiger partial charge < -0.3 is 10.1 Å². The highest BCUT2D eigenvalue weighted by Crippen LogP contribution is 2.30. The maximum absolute atomic E-state index is 11.5. The fourth-order valence-electron chi connectivity index (χ4n) is 2.40.